The number of ether oxygens (including phenoxy) is 1. The molecule has 1 amide bonds. The van der Waals surface area contributed by atoms with Crippen molar-refractivity contribution < 1.29 is 18.3 Å². The molecule has 0 aliphatic heterocycles. The minimum Gasteiger partial charge on any atom is -0.434 e. The first kappa shape index (κ1) is 22.1. The molecule has 0 fully saturated rings. The number of aryl methyl sites for hydroxylation is 2. The SMILES string of the molecule is CSc1nc(C)c(CCC(=O)Nc2nc(-c3ccccc3OC(F)F)cs2)c(C)n1. The molecule has 0 unspecified atom stereocenters. The lowest BCUT2D eigenvalue weighted by molar-refractivity contribution is -0.116. The van der Waals surface area contributed by atoms with Crippen LogP contribution in [0.15, 0.2) is 34.8 Å². The number of carbonyl (C=O) groups is 1. The minimum atomic E-state index is -2.93. The Balaban J connectivity index is 1.65. The quantitative estimate of drug-likeness (QED) is 0.380. The number of nitrogens with one attached hydrogen (secondary N) is 1. The smallest absolute Gasteiger partial charge is 0.387 e. The number of nitrogens with zero attached hydrogens (tertiary/aromatic N) is 3. The molecule has 0 spiro atoms. The Morgan fingerprint density at radius 1 is 1.20 bits per heavy atom. The maximum atomic E-state index is 12.6. The van der Waals surface area contributed by atoms with Gasteiger partial charge in [-0.2, -0.15) is 8.78 Å². The molecule has 30 heavy (non-hydrogen) atoms. The number of alkyl halides is 2. The van der Waals surface area contributed by atoms with Gasteiger partial charge in [0.15, 0.2) is 10.3 Å². The van der Waals surface area contributed by atoms with E-state index in [1.54, 1.807) is 23.6 Å². The molecule has 0 radical (unpaired) electrons. The van der Waals surface area contributed by atoms with Crippen LogP contribution in [0.5, 0.6) is 5.75 Å². The van der Waals surface area contributed by atoms with E-state index in [4.69, 9.17) is 0 Å². The number of halogens is 2. The minimum absolute atomic E-state index is 0.0373. The molecule has 3 rings (SSSR count). The van der Waals surface area contributed by atoms with Crippen LogP contribution in [0.4, 0.5) is 13.9 Å². The third-order valence-corrected chi connectivity index (χ3v) is 5.62. The van der Waals surface area contributed by atoms with Gasteiger partial charge in [-0.3, -0.25) is 4.79 Å². The molecular formula is C20H20F2N4O2S2. The Bertz CT molecular complexity index is 1020. The highest BCUT2D eigenvalue weighted by molar-refractivity contribution is 7.98. The van der Waals surface area contributed by atoms with Crippen LogP contribution < -0.4 is 10.1 Å². The zero-order chi connectivity index (χ0) is 21.7. The van der Waals surface area contributed by atoms with Crippen molar-refractivity contribution in [2.24, 2.45) is 0 Å². The van der Waals surface area contributed by atoms with Crippen molar-refractivity contribution in [2.45, 2.75) is 38.5 Å². The molecule has 0 saturated carbocycles. The molecule has 10 heteroatoms. The molecule has 1 aromatic carbocycles. The van der Waals surface area contributed by atoms with E-state index >= 15 is 0 Å². The van der Waals surface area contributed by atoms with Crippen molar-refractivity contribution in [1.29, 1.82) is 0 Å². The van der Waals surface area contributed by atoms with Gasteiger partial charge >= 0.3 is 6.61 Å². The Kier molecular flexibility index (Phi) is 7.33. The number of carbonyl (C=O) groups excluding carboxylic acids is 1. The summed E-state index contributed by atoms with van der Waals surface area (Å²) in [4.78, 5) is 25.6. The summed E-state index contributed by atoms with van der Waals surface area (Å²) in [5.41, 5.74) is 3.59. The number of rotatable bonds is 8. The number of hydrogen-bond donors (Lipinski definition) is 1. The predicted molar refractivity (Wildman–Crippen MR) is 114 cm³/mol. The van der Waals surface area contributed by atoms with Crippen molar-refractivity contribution >= 4 is 34.1 Å². The van der Waals surface area contributed by atoms with E-state index in [0.29, 0.717) is 28.0 Å². The van der Waals surface area contributed by atoms with Gasteiger partial charge in [0.05, 0.1) is 5.69 Å². The highest BCUT2D eigenvalue weighted by Crippen LogP contribution is 2.33. The second-order valence-electron chi connectivity index (χ2n) is 6.32. The first-order chi connectivity index (χ1) is 14.4. The Labute approximate surface area is 181 Å². The van der Waals surface area contributed by atoms with E-state index in [9.17, 15) is 13.6 Å². The first-order valence-electron chi connectivity index (χ1n) is 9.05. The highest BCUT2D eigenvalue weighted by Gasteiger charge is 2.15. The molecule has 2 heterocycles. The summed E-state index contributed by atoms with van der Waals surface area (Å²) in [5.74, 6) is -0.156. The van der Waals surface area contributed by atoms with Crippen molar-refractivity contribution in [3.05, 3.63) is 46.6 Å². The fraction of sp³-hybridized carbons (Fsp3) is 0.300. The van der Waals surface area contributed by atoms with E-state index in [0.717, 1.165) is 17.0 Å². The molecule has 0 aliphatic rings. The van der Waals surface area contributed by atoms with Crippen molar-refractivity contribution in [3.8, 4) is 17.0 Å². The fourth-order valence-electron chi connectivity index (χ4n) is 2.91. The van der Waals surface area contributed by atoms with Crippen LogP contribution in [0, 0.1) is 13.8 Å². The molecular weight excluding hydrogens is 430 g/mol. The van der Waals surface area contributed by atoms with E-state index < -0.39 is 6.61 Å². The van der Waals surface area contributed by atoms with Gasteiger partial charge in [0, 0.05) is 28.8 Å². The summed E-state index contributed by atoms with van der Waals surface area (Å²) >= 11 is 2.70. The van der Waals surface area contributed by atoms with Crippen molar-refractivity contribution in [3.63, 3.8) is 0 Å². The van der Waals surface area contributed by atoms with Crippen LogP contribution in [0.25, 0.3) is 11.3 Å². The lowest BCUT2D eigenvalue weighted by Crippen LogP contribution is -2.13. The molecule has 6 nitrogen and oxygen atoms in total. The molecule has 0 bridgehead atoms. The van der Waals surface area contributed by atoms with E-state index in [1.807, 2.05) is 20.1 Å². The van der Waals surface area contributed by atoms with E-state index in [2.05, 4.69) is 25.0 Å². The largest absolute Gasteiger partial charge is 0.434 e. The van der Waals surface area contributed by atoms with Crippen LogP contribution >= 0.6 is 23.1 Å². The number of para-hydroxylation sites is 1. The molecule has 3 aromatic rings. The van der Waals surface area contributed by atoms with E-state index in [-0.39, 0.29) is 18.1 Å². The number of hydrogen-bond acceptors (Lipinski definition) is 7. The van der Waals surface area contributed by atoms with E-state index in [1.165, 1.54) is 29.2 Å². The summed E-state index contributed by atoms with van der Waals surface area (Å²) in [6, 6.07) is 6.41. The number of aromatic nitrogens is 3. The number of benzene rings is 1. The monoisotopic (exact) mass is 450 g/mol. The fourth-order valence-corrected chi connectivity index (χ4v) is 4.10. The maximum Gasteiger partial charge on any atom is 0.387 e. The van der Waals surface area contributed by atoms with Gasteiger partial charge in [-0.05, 0) is 44.2 Å². The second kappa shape index (κ2) is 9.94. The Morgan fingerprint density at radius 2 is 1.90 bits per heavy atom. The van der Waals surface area contributed by atoms with Gasteiger partial charge in [0.2, 0.25) is 5.91 Å². The summed E-state index contributed by atoms with van der Waals surface area (Å²) in [5, 5.41) is 5.55. The van der Waals surface area contributed by atoms with Crippen LogP contribution in [0.3, 0.4) is 0 Å². The van der Waals surface area contributed by atoms with Gasteiger partial charge in [-0.1, -0.05) is 23.9 Å². The predicted octanol–water partition coefficient (Wildman–Crippen LogP) is 5.11. The Hall–Kier alpha value is -2.59. The summed E-state index contributed by atoms with van der Waals surface area (Å²) in [6.45, 7) is 0.895. The lowest BCUT2D eigenvalue weighted by Gasteiger charge is -2.09. The van der Waals surface area contributed by atoms with Crippen molar-refractivity contribution in [1.82, 2.24) is 15.0 Å². The number of thioether (sulfide) groups is 1. The van der Waals surface area contributed by atoms with Gasteiger partial charge in [0.1, 0.15) is 5.75 Å². The van der Waals surface area contributed by atoms with Crippen LogP contribution in [0.1, 0.15) is 23.4 Å². The highest BCUT2D eigenvalue weighted by atomic mass is 32.2. The molecule has 0 atom stereocenters. The van der Waals surface area contributed by atoms with Crippen molar-refractivity contribution in [2.75, 3.05) is 11.6 Å². The van der Waals surface area contributed by atoms with Crippen LogP contribution in [0.2, 0.25) is 0 Å². The van der Waals surface area contributed by atoms with Gasteiger partial charge in [0.25, 0.3) is 0 Å². The second-order valence-corrected chi connectivity index (χ2v) is 7.95. The normalized spacial score (nSPS) is 11.0. The lowest BCUT2D eigenvalue weighted by atomic mass is 10.1. The maximum absolute atomic E-state index is 12.6. The summed E-state index contributed by atoms with van der Waals surface area (Å²) in [7, 11) is 0. The summed E-state index contributed by atoms with van der Waals surface area (Å²) < 4.78 is 29.8. The standard InChI is InChI=1S/C20H20F2N4O2S2/c1-11-13(12(2)24-19(23-11)29-3)8-9-17(27)26-20-25-15(10-30-20)14-6-4-5-7-16(14)28-18(21)22/h4-7,10,18H,8-9H2,1-3H3,(H,25,26,27). The summed E-state index contributed by atoms with van der Waals surface area (Å²) in [6.07, 6.45) is 2.69. The number of thiazole rings is 1. The third-order valence-electron chi connectivity index (χ3n) is 4.31. The third kappa shape index (κ3) is 5.51. The number of anilines is 1. The number of amides is 1. The molecule has 2 aromatic heterocycles. The molecule has 1 N–H and O–H groups in total. The molecule has 0 aliphatic carbocycles. The zero-order valence-electron chi connectivity index (χ0n) is 16.6. The van der Waals surface area contributed by atoms with Gasteiger partial charge < -0.3 is 10.1 Å². The van der Waals surface area contributed by atoms with Crippen LogP contribution in [-0.2, 0) is 11.2 Å². The van der Waals surface area contributed by atoms with Gasteiger partial charge in [-0.15, -0.1) is 11.3 Å². The first-order valence-corrected chi connectivity index (χ1v) is 11.2. The van der Waals surface area contributed by atoms with Gasteiger partial charge in [-0.25, -0.2) is 15.0 Å². The zero-order valence-corrected chi connectivity index (χ0v) is 18.2. The average Bonchev–Trinajstić information content (AvgIpc) is 3.15. The topological polar surface area (TPSA) is 77.0 Å². The molecule has 0 saturated heterocycles. The van der Waals surface area contributed by atoms with Crippen LogP contribution in [-0.4, -0.2) is 33.7 Å². The molecule has 158 valence electrons. The average molecular weight is 451 g/mol. The Morgan fingerprint density at radius 3 is 2.57 bits per heavy atom.